The summed E-state index contributed by atoms with van der Waals surface area (Å²) in [4.78, 5) is 24.7. The van der Waals surface area contributed by atoms with E-state index in [9.17, 15) is 4.79 Å². The maximum Gasteiger partial charge on any atom is 0.331 e. The Balaban J connectivity index is 0.000000569. The minimum atomic E-state index is -0.130. The zero-order valence-corrected chi connectivity index (χ0v) is 21.2. The first-order chi connectivity index (χ1) is 15.9. The van der Waals surface area contributed by atoms with Crippen LogP contribution in [0.5, 0.6) is 0 Å². The summed E-state index contributed by atoms with van der Waals surface area (Å²) in [5.74, 6) is 8.34. The van der Waals surface area contributed by atoms with Crippen LogP contribution in [0, 0.1) is 11.8 Å². The molecule has 0 amide bonds. The van der Waals surface area contributed by atoms with Gasteiger partial charge in [-0.3, -0.25) is 9.13 Å². The standard InChI is InChI=1S/C19H25ClN6O.C5H10O/c1-4-6-10-25-16-17(24-11-8-21-9-12-24)22-15(13-20)23-18(16)26(19(25)27)14(3)7-5-2;1-4-5(2)6-3/h5,7,14,21H,8-13H2,1-3H3;4H,1-3H3/b7-5-;5-4+. The number of halogens is 1. The van der Waals surface area contributed by atoms with Crippen molar-refractivity contribution in [2.24, 2.45) is 0 Å². The molecule has 0 saturated carbocycles. The van der Waals surface area contributed by atoms with Crippen molar-refractivity contribution in [2.45, 2.75) is 53.1 Å². The SMILES string of the molecule is C/C=C(\C)OC.CC#CCn1c(=O)n(C(C)/C=C\C)c2nc(CCl)nc(N3CCNCC3)c21. The Bertz CT molecular complexity index is 1100. The van der Waals surface area contributed by atoms with Gasteiger partial charge in [-0.25, -0.2) is 14.8 Å². The molecule has 3 heterocycles. The van der Waals surface area contributed by atoms with Crippen molar-refractivity contribution in [3.05, 3.63) is 40.3 Å². The number of fused-ring (bicyclic) bond motifs is 1. The third-order valence-electron chi connectivity index (χ3n) is 5.39. The van der Waals surface area contributed by atoms with E-state index in [1.54, 1.807) is 23.2 Å². The number of anilines is 1. The van der Waals surface area contributed by atoms with Gasteiger partial charge >= 0.3 is 5.69 Å². The highest BCUT2D eigenvalue weighted by molar-refractivity contribution is 6.16. The van der Waals surface area contributed by atoms with Gasteiger partial charge in [-0.15, -0.1) is 17.5 Å². The molecule has 0 aromatic carbocycles. The molecular weight excluding hydrogens is 440 g/mol. The van der Waals surface area contributed by atoms with Gasteiger partial charge < -0.3 is 15.0 Å². The molecule has 0 spiro atoms. The minimum absolute atomic E-state index is 0.129. The van der Waals surface area contributed by atoms with Gasteiger partial charge in [0.25, 0.3) is 0 Å². The van der Waals surface area contributed by atoms with Crippen LogP contribution in [0.25, 0.3) is 11.2 Å². The predicted octanol–water partition coefficient (Wildman–Crippen LogP) is 3.46. The quantitative estimate of drug-likeness (QED) is 0.299. The number of aromatic nitrogens is 4. The summed E-state index contributed by atoms with van der Waals surface area (Å²) in [7, 11) is 1.66. The van der Waals surface area contributed by atoms with Crippen LogP contribution in [0.4, 0.5) is 5.82 Å². The maximum absolute atomic E-state index is 13.2. The molecule has 1 N–H and O–H groups in total. The van der Waals surface area contributed by atoms with E-state index in [1.165, 1.54) is 0 Å². The summed E-state index contributed by atoms with van der Waals surface area (Å²) >= 11 is 6.08. The summed E-state index contributed by atoms with van der Waals surface area (Å²) in [6, 6.07) is -0.130. The lowest BCUT2D eigenvalue weighted by molar-refractivity contribution is 0.293. The minimum Gasteiger partial charge on any atom is -0.502 e. The number of hydrogen-bond acceptors (Lipinski definition) is 6. The number of alkyl halides is 1. The highest BCUT2D eigenvalue weighted by atomic mass is 35.5. The number of piperazine rings is 1. The van der Waals surface area contributed by atoms with Gasteiger partial charge in [-0.05, 0) is 34.6 Å². The number of ether oxygens (including phenoxy) is 1. The molecule has 180 valence electrons. The Labute approximate surface area is 201 Å². The lowest BCUT2D eigenvalue weighted by Crippen LogP contribution is -2.44. The third-order valence-corrected chi connectivity index (χ3v) is 5.62. The summed E-state index contributed by atoms with van der Waals surface area (Å²) in [6.07, 6.45) is 5.83. The molecule has 1 unspecified atom stereocenters. The Morgan fingerprint density at radius 1 is 1.30 bits per heavy atom. The molecule has 0 radical (unpaired) electrons. The van der Waals surface area contributed by atoms with Crippen LogP contribution in [0.2, 0.25) is 0 Å². The second-order valence-corrected chi connectivity index (χ2v) is 7.81. The lowest BCUT2D eigenvalue weighted by Gasteiger charge is -2.29. The lowest BCUT2D eigenvalue weighted by atomic mass is 10.3. The molecule has 2 aromatic heterocycles. The van der Waals surface area contributed by atoms with Crippen LogP contribution < -0.4 is 15.9 Å². The summed E-state index contributed by atoms with van der Waals surface area (Å²) in [6.45, 7) is 13.2. The van der Waals surface area contributed by atoms with Gasteiger partial charge in [-0.1, -0.05) is 24.1 Å². The van der Waals surface area contributed by atoms with Crippen molar-refractivity contribution in [1.82, 2.24) is 24.4 Å². The molecule has 0 aliphatic carbocycles. The maximum atomic E-state index is 13.2. The van der Waals surface area contributed by atoms with Crippen LogP contribution in [0.1, 0.15) is 46.5 Å². The van der Waals surface area contributed by atoms with Crippen molar-refractivity contribution in [3.63, 3.8) is 0 Å². The molecule has 3 rings (SSSR count). The Hall–Kier alpha value is -2.76. The molecule has 1 aliphatic heterocycles. The van der Waals surface area contributed by atoms with E-state index >= 15 is 0 Å². The second-order valence-electron chi connectivity index (χ2n) is 7.54. The Morgan fingerprint density at radius 2 is 2.00 bits per heavy atom. The monoisotopic (exact) mass is 474 g/mol. The first kappa shape index (κ1) is 26.5. The summed E-state index contributed by atoms with van der Waals surface area (Å²) in [5.41, 5.74) is 1.22. The number of imidazole rings is 1. The Morgan fingerprint density at radius 3 is 2.52 bits per heavy atom. The van der Waals surface area contributed by atoms with Crippen molar-refractivity contribution in [3.8, 4) is 11.8 Å². The first-order valence-electron chi connectivity index (χ1n) is 11.2. The topological polar surface area (TPSA) is 77.2 Å². The molecule has 33 heavy (non-hydrogen) atoms. The smallest absolute Gasteiger partial charge is 0.331 e. The number of nitrogens with one attached hydrogen (secondary N) is 1. The van der Waals surface area contributed by atoms with Gasteiger partial charge in [-0.2, -0.15) is 0 Å². The predicted molar refractivity (Wildman–Crippen MR) is 136 cm³/mol. The normalized spacial score (nSPS) is 15.1. The average molecular weight is 475 g/mol. The van der Waals surface area contributed by atoms with Crippen LogP contribution in [0.15, 0.2) is 28.8 Å². The molecule has 9 heteroatoms. The largest absolute Gasteiger partial charge is 0.502 e. The highest BCUT2D eigenvalue weighted by Gasteiger charge is 2.25. The van der Waals surface area contributed by atoms with Crippen molar-refractivity contribution in [1.29, 1.82) is 0 Å². The fourth-order valence-electron chi connectivity index (χ4n) is 3.51. The van der Waals surface area contributed by atoms with E-state index in [1.807, 2.05) is 45.9 Å². The molecule has 1 fully saturated rings. The molecule has 2 aromatic rings. The molecule has 1 saturated heterocycles. The van der Waals surface area contributed by atoms with Crippen LogP contribution >= 0.6 is 11.6 Å². The molecular formula is C24H35ClN6O2. The first-order valence-corrected chi connectivity index (χ1v) is 11.7. The van der Waals surface area contributed by atoms with Crippen LogP contribution in [-0.2, 0) is 17.2 Å². The summed E-state index contributed by atoms with van der Waals surface area (Å²) in [5, 5.41) is 3.35. The molecule has 0 bridgehead atoms. The molecule has 8 nitrogen and oxygen atoms in total. The third kappa shape index (κ3) is 6.40. The number of allylic oxidation sites excluding steroid dienone is 4. The van der Waals surface area contributed by atoms with Crippen molar-refractivity contribution in [2.75, 3.05) is 38.2 Å². The van der Waals surface area contributed by atoms with Crippen molar-refractivity contribution < 1.29 is 4.74 Å². The van der Waals surface area contributed by atoms with Crippen LogP contribution in [-0.4, -0.2) is 52.4 Å². The van der Waals surface area contributed by atoms with Crippen molar-refractivity contribution >= 4 is 28.6 Å². The number of methoxy groups -OCH3 is 1. The molecule has 1 atom stereocenters. The van der Waals surface area contributed by atoms with Crippen LogP contribution in [0.3, 0.4) is 0 Å². The second kappa shape index (κ2) is 13.1. The number of nitrogens with zero attached hydrogens (tertiary/aromatic N) is 5. The van der Waals surface area contributed by atoms with Gasteiger partial charge in [0, 0.05) is 26.2 Å². The fourth-order valence-corrected chi connectivity index (χ4v) is 3.63. The Kier molecular flexibility index (Phi) is 10.5. The fraction of sp³-hybridized carbons (Fsp3) is 0.542. The average Bonchev–Trinajstić information content (AvgIpc) is 3.13. The van der Waals surface area contributed by atoms with E-state index in [2.05, 4.69) is 32.0 Å². The van der Waals surface area contributed by atoms with E-state index in [0.29, 0.717) is 18.0 Å². The van der Waals surface area contributed by atoms with E-state index in [-0.39, 0.29) is 17.6 Å². The van der Waals surface area contributed by atoms with Gasteiger partial charge in [0.15, 0.2) is 11.5 Å². The zero-order valence-electron chi connectivity index (χ0n) is 20.5. The van der Waals surface area contributed by atoms with E-state index in [0.717, 1.165) is 43.3 Å². The highest BCUT2D eigenvalue weighted by Crippen LogP contribution is 2.26. The van der Waals surface area contributed by atoms with Gasteiger partial charge in [0.05, 0.1) is 31.3 Å². The zero-order chi connectivity index (χ0) is 24.4. The van der Waals surface area contributed by atoms with E-state index in [4.69, 9.17) is 16.3 Å². The molecule has 1 aliphatic rings. The number of hydrogen-bond donors (Lipinski definition) is 1. The van der Waals surface area contributed by atoms with Gasteiger partial charge in [0.2, 0.25) is 0 Å². The number of rotatable bonds is 6. The summed E-state index contributed by atoms with van der Waals surface area (Å²) < 4.78 is 8.15. The van der Waals surface area contributed by atoms with Gasteiger partial charge in [0.1, 0.15) is 11.3 Å². The van der Waals surface area contributed by atoms with E-state index < -0.39 is 0 Å².